The summed E-state index contributed by atoms with van der Waals surface area (Å²) in [5.74, 6) is 0. The number of para-hydroxylation sites is 1. The van der Waals surface area contributed by atoms with Crippen molar-refractivity contribution in [2.75, 3.05) is 4.72 Å². The molecule has 1 aromatic carbocycles. The van der Waals surface area contributed by atoms with E-state index < -0.39 is 10.0 Å². The van der Waals surface area contributed by atoms with Crippen LogP contribution in [-0.2, 0) is 16.6 Å². The topological polar surface area (TPSA) is 64.0 Å². The number of nitrogens with one attached hydrogen (secondary N) is 1. The Balaban J connectivity index is 2.38. The minimum atomic E-state index is -3.62. The molecule has 0 atom stereocenters. The molecule has 5 nitrogen and oxygen atoms in total. The van der Waals surface area contributed by atoms with Crippen LogP contribution in [0.25, 0.3) is 0 Å². The number of aryl methyl sites for hydroxylation is 2. The Labute approximate surface area is 120 Å². The molecule has 0 unspecified atom stereocenters. The second-order valence-corrected chi connectivity index (χ2v) is 6.52. The first-order chi connectivity index (χ1) is 8.94. The summed E-state index contributed by atoms with van der Waals surface area (Å²) >= 11 is 3.31. The van der Waals surface area contributed by atoms with E-state index in [-0.39, 0.29) is 4.90 Å². The van der Waals surface area contributed by atoms with E-state index in [0.717, 1.165) is 0 Å². The molecular weight excluding hydrogens is 330 g/mol. The third-order valence-electron chi connectivity index (χ3n) is 2.63. The zero-order valence-corrected chi connectivity index (χ0v) is 13.0. The van der Waals surface area contributed by atoms with Gasteiger partial charge in [-0.05, 0) is 41.9 Å². The standard InChI is InChI=1S/C12H14BrN3O2S/c1-3-16-8-12(9(2)14-16)19(17,18)15-11-7-5-4-6-10(11)13/h4-8,15H,3H2,1-2H3. The van der Waals surface area contributed by atoms with Gasteiger partial charge in [0.15, 0.2) is 0 Å². The Morgan fingerprint density at radius 2 is 2.05 bits per heavy atom. The lowest BCUT2D eigenvalue weighted by Crippen LogP contribution is -2.13. The monoisotopic (exact) mass is 343 g/mol. The smallest absolute Gasteiger partial charge is 0.265 e. The molecule has 102 valence electrons. The van der Waals surface area contributed by atoms with Crippen molar-refractivity contribution >= 4 is 31.6 Å². The number of sulfonamides is 1. The Kier molecular flexibility index (Phi) is 3.96. The zero-order valence-electron chi connectivity index (χ0n) is 10.6. The fourth-order valence-corrected chi connectivity index (χ4v) is 3.45. The first kappa shape index (κ1) is 14.1. The van der Waals surface area contributed by atoms with Crippen molar-refractivity contribution in [3.63, 3.8) is 0 Å². The third-order valence-corrected chi connectivity index (χ3v) is 4.79. The molecule has 19 heavy (non-hydrogen) atoms. The lowest BCUT2D eigenvalue weighted by Gasteiger charge is -2.08. The first-order valence-corrected chi connectivity index (χ1v) is 8.03. The van der Waals surface area contributed by atoms with Crippen molar-refractivity contribution in [2.24, 2.45) is 0 Å². The second-order valence-electron chi connectivity index (χ2n) is 4.02. The van der Waals surface area contributed by atoms with Crippen molar-refractivity contribution in [2.45, 2.75) is 25.3 Å². The van der Waals surface area contributed by atoms with Crippen LogP contribution < -0.4 is 4.72 Å². The average molecular weight is 344 g/mol. The van der Waals surface area contributed by atoms with Crippen LogP contribution in [0.15, 0.2) is 39.8 Å². The van der Waals surface area contributed by atoms with E-state index in [1.54, 1.807) is 29.8 Å². The van der Waals surface area contributed by atoms with Gasteiger partial charge in [-0.3, -0.25) is 9.40 Å². The van der Waals surface area contributed by atoms with Crippen LogP contribution in [0.3, 0.4) is 0 Å². The van der Waals surface area contributed by atoms with E-state index in [4.69, 9.17) is 0 Å². The molecule has 0 aliphatic rings. The maximum Gasteiger partial charge on any atom is 0.265 e. The molecule has 0 amide bonds. The molecule has 1 heterocycles. The minimum Gasteiger partial charge on any atom is -0.278 e. The van der Waals surface area contributed by atoms with Gasteiger partial charge in [0.25, 0.3) is 10.0 Å². The van der Waals surface area contributed by atoms with Crippen molar-refractivity contribution in [1.29, 1.82) is 0 Å². The van der Waals surface area contributed by atoms with Crippen molar-refractivity contribution < 1.29 is 8.42 Å². The van der Waals surface area contributed by atoms with Gasteiger partial charge in [0.1, 0.15) is 4.90 Å². The van der Waals surface area contributed by atoms with E-state index >= 15 is 0 Å². The largest absolute Gasteiger partial charge is 0.278 e. The van der Waals surface area contributed by atoms with Crippen LogP contribution in [0, 0.1) is 6.92 Å². The Morgan fingerprint density at radius 1 is 1.37 bits per heavy atom. The summed E-state index contributed by atoms with van der Waals surface area (Å²) in [6, 6.07) is 7.06. The highest BCUT2D eigenvalue weighted by molar-refractivity contribution is 9.10. The lowest BCUT2D eigenvalue weighted by atomic mass is 10.3. The van der Waals surface area contributed by atoms with Crippen molar-refractivity contribution in [1.82, 2.24) is 9.78 Å². The van der Waals surface area contributed by atoms with Crippen LogP contribution in [0.5, 0.6) is 0 Å². The Hall–Kier alpha value is -1.34. The summed E-state index contributed by atoms with van der Waals surface area (Å²) in [5.41, 5.74) is 0.993. The predicted molar refractivity (Wildman–Crippen MR) is 77.6 cm³/mol. The molecular formula is C12H14BrN3O2S. The van der Waals surface area contributed by atoms with Crippen molar-refractivity contribution in [3.8, 4) is 0 Å². The fraction of sp³-hybridized carbons (Fsp3) is 0.250. The average Bonchev–Trinajstić information content (AvgIpc) is 2.74. The lowest BCUT2D eigenvalue weighted by molar-refractivity contribution is 0.600. The molecule has 0 spiro atoms. The van der Waals surface area contributed by atoms with Crippen LogP contribution >= 0.6 is 15.9 Å². The van der Waals surface area contributed by atoms with Gasteiger partial charge in [0.2, 0.25) is 0 Å². The molecule has 0 radical (unpaired) electrons. The molecule has 1 aromatic heterocycles. The Morgan fingerprint density at radius 3 is 2.63 bits per heavy atom. The maximum atomic E-state index is 12.3. The molecule has 0 aliphatic carbocycles. The number of halogens is 1. The summed E-state index contributed by atoms with van der Waals surface area (Å²) < 4.78 is 29.5. The van der Waals surface area contributed by atoms with Crippen LogP contribution in [0.4, 0.5) is 5.69 Å². The van der Waals surface area contributed by atoms with E-state index in [1.807, 2.05) is 13.0 Å². The van der Waals surface area contributed by atoms with Gasteiger partial charge in [-0.1, -0.05) is 12.1 Å². The van der Waals surface area contributed by atoms with Gasteiger partial charge >= 0.3 is 0 Å². The van der Waals surface area contributed by atoms with Gasteiger partial charge in [-0.15, -0.1) is 0 Å². The Bertz CT molecular complexity index is 695. The van der Waals surface area contributed by atoms with Gasteiger partial charge in [-0.2, -0.15) is 5.10 Å². The highest BCUT2D eigenvalue weighted by Crippen LogP contribution is 2.25. The zero-order chi connectivity index (χ0) is 14.0. The summed E-state index contributed by atoms with van der Waals surface area (Å²) in [6.07, 6.45) is 1.54. The number of benzene rings is 1. The quantitative estimate of drug-likeness (QED) is 0.928. The summed E-state index contributed by atoms with van der Waals surface area (Å²) in [7, 11) is -3.62. The predicted octanol–water partition coefficient (Wildman–Crippen LogP) is 2.77. The molecule has 7 heteroatoms. The first-order valence-electron chi connectivity index (χ1n) is 5.75. The SMILES string of the molecule is CCn1cc(S(=O)(=O)Nc2ccccc2Br)c(C)n1. The van der Waals surface area contributed by atoms with Gasteiger partial charge in [0.05, 0.1) is 11.4 Å². The summed E-state index contributed by atoms with van der Waals surface area (Å²) in [4.78, 5) is 0.199. The highest BCUT2D eigenvalue weighted by Gasteiger charge is 2.20. The normalized spacial score (nSPS) is 11.5. The van der Waals surface area contributed by atoms with E-state index in [1.165, 1.54) is 6.20 Å². The fourth-order valence-electron chi connectivity index (χ4n) is 1.67. The number of hydrogen-bond acceptors (Lipinski definition) is 3. The molecule has 0 saturated heterocycles. The van der Waals surface area contributed by atoms with Crippen LogP contribution in [0.2, 0.25) is 0 Å². The van der Waals surface area contributed by atoms with Crippen LogP contribution in [0.1, 0.15) is 12.6 Å². The summed E-state index contributed by atoms with van der Waals surface area (Å²) in [6.45, 7) is 4.22. The number of anilines is 1. The molecule has 0 aliphatic heterocycles. The highest BCUT2D eigenvalue weighted by atomic mass is 79.9. The van der Waals surface area contributed by atoms with Gasteiger partial charge < -0.3 is 0 Å². The minimum absolute atomic E-state index is 0.199. The van der Waals surface area contributed by atoms with E-state index in [9.17, 15) is 8.42 Å². The molecule has 2 aromatic rings. The molecule has 0 fully saturated rings. The number of aromatic nitrogens is 2. The van der Waals surface area contributed by atoms with Gasteiger partial charge in [0, 0.05) is 17.2 Å². The second kappa shape index (κ2) is 5.34. The maximum absolute atomic E-state index is 12.3. The summed E-state index contributed by atoms with van der Waals surface area (Å²) in [5, 5.41) is 4.15. The number of rotatable bonds is 4. The number of nitrogens with zero attached hydrogens (tertiary/aromatic N) is 2. The van der Waals surface area contributed by atoms with E-state index in [2.05, 4.69) is 25.8 Å². The third kappa shape index (κ3) is 2.98. The van der Waals surface area contributed by atoms with Crippen molar-refractivity contribution in [3.05, 3.63) is 40.6 Å². The molecule has 0 bridgehead atoms. The van der Waals surface area contributed by atoms with Gasteiger partial charge in [-0.25, -0.2) is 8.42 Å². The molecule has 1 N–H and O–H groups in total. The molecule has 2 rings (SSSR count). The molecule has 0 saturated carbocycles. The van der Waals surface area contributed by atoms with Crippen LogP contribution in [-0.4, -0.2) is 18.2 Å². The van der Waals surface area contributed by atoms with E-state index in [0.29, 0.717) is 22.4 Å². The number of hydrogen-bond donors (Lipinski definition) is 1.